The van der Waals surface area contributed by atoms with Crippen molar-refractivity contribution >= 4 is 35.0 Å². The molecule has 0 fully saturated rings. The number of nitrogens with zero attached hydrogens (tertiary/aromatic N) is 5. The van der Waals surface area contributed by atoms with Crippen LogP contribution in [0.3, 0.4) is 0 Å². The van der Waals surface area contributed by atoms with Gasteiger partial charge in [0.2, 0.25) is 5.91 Å². The van der Waals surface area contributed by atoms with E-state index < -0.39 is 10.8 Å². The smallest absolute Gasteiger partial charge is 0.269 e. The molecule has 1 aromatic heterocycles. The van der Waals surface area contributed by atoms with Crippen molar-refractivity contribution in [3.05, 3.63) is 105 Å². The summed E-state index contributed by atoms with van der Waals surface area (Å²) in [6.45, 7) is 4.75. The van der Waals surface area contributed by atoms with Gasteiger partial charge in [-0.1, -0.05) is 42.1 Å². The highest BCUT2D eigenvalue weighted by atomic mass is 32.2. The van der Waals surface area contributed by atoms with Gasteiger partial charge in [0.05, 0.1) is 22.9 Å². The fourth-order valence-electron chi connectivity index (χ4n) is 4.53. The van der Waals surface area contributed by atoms with E-state index in [9.17, 15) is 19.7 Å². The van der Waals surface area contributed by atoms with Crippen molar-refractivity contribution in [3.63, 3.8) is 0 Å². The maximum atomic E-state index is 13.1. The molecular weight excluding hydrogens is 516 g/mol. The van der Waals surface area contributed by atoms with Gasteiger partial charge in [-0.05, 0) is 61.2 Å². The summed E-state index contributed by atoms with van der Waals surface area (Å²) in [7, 11) is 0. The Morgan fingerprint density at radius 3 is 2.51 bits per heavy atom. The second kappa shape index (κ2) is 11.1. The Kier molecular flexibility index (Phi) is 7.42. The number of rotatable bonds is 8. The summed E-state index contributed by atoms with van der Waals surface area (Å²) in [6, 6.07) is 19.2. The number of para-hydroxylation sites is 1. The Bertz CT molecular complexity index is 1570. The van der Waals surface area contributed by atoms with E-state index in [0.29, 0.717) is 23.1 Å². The highest BCUT2D eigenvalue weighted by Crippen LogP contribution is 2.30. The number of thioether (sulfide) groups is 1. The predicted molar refractivity (Wildman–Crippen MR) is 148 cm³/mol. The zero-order valence-corrected chi connectivity index (χ0v) is 22.3. The quantitative estimate of drug-likeness (QED) is 0.199. The minimum absolute atomic E-state index is 0.00603. The van der Waals surface area contributed by atoms with E-state index in [1.54, 1.807) is 0 Å². The molecule has 0 saturated carbocycles. The van der Waals surface area contributed by atoms with Crippen LogP contribution in [0, 0.1) is 24.0 Å². The molecule has 0 saturated heterocycles. The van der Waals surface area contributed by atoms with Gasteiger partial charge < -0.3 is 10.2 Å². The summed E-state index contributed by atoms with van der Waals surface area (Å²) in [5.41, 5.74) is 5.30. The monoisotopic (exact) mass is 542 g/mol. The molecule has 0 radical (unpaired) electrons. The van der Waals surface area contributed by atoms with Gasteiger partial charge in [-0.2, -0.15) is 0 Å². The van der Waals surface area contributed by atoms with Gasteiger partial charge in [0.15, 0.2) is 11.0 Å². The number of benzene rings is 3. The molecule has 0 bridgehead atoms. The van der Waals surface area contributed by atoms with E-state index in [0.717, 1.165) is 28.9 Å². The number of carbonyl (C=O) groups is 2. The Balaban J connectivity index is 1.36. The molecule has 198 valence electrons. The Hall–Kier alpha value is -4.51. The summed E-state index contributed by atoms with van der Waals surface area (Å²) in [5, 5.41) is 23.0. The maximum absolute atomic E-state index is 13.1. The maximum Gasteiger partial charge on any atom is 0.269 e. The van der Waals surface area contributed by atoms with Crippen LogP contribution in [0.2, 0.25) is 0 Å². The van der Waals surface area contributed by atoms with Crippen molar-refractivity contribution in [3.8, 4) is 5.69 Å². The minimum Gasteiger partial charge on any atom is -0.345 e. The third-order valence-electron chi connectivity index (χ3n) is 6.78. The number of hydrogen-bond donors (Lipinski definition) is 1. The van der Waals surface area contributed by atoms with E-state index >= 15 is 0 Å². The number of aryl methyl sites for hydroxylation is 1. The lowest BCUT2D eigenvalue weighted by Gasteiger charge is -2.18. The van der Waals surface area contributed by atoms with Gasteiger partial charge in [-0.3, -0.25) is 24.3 Å². The van der Waals surface area contributed by atoms with Crippen molar-refractivity contribution in [1.29, 1.82) is 0 Å². The number of fused-ring (bicyclic) bond motifs is 1. The number of non-ortho nitro benzene ring substituents is 1. The molecule has 10 nitrogen and oxygen atoms in total. The SMILES string of the molecule is Cc1cccc(-n2c(CNC(=O)c3ccc([N+](=O)[O-])cc3)nnc2SCC(=O)N2CCc3ccccc32)c1C. The van der Waals surface area contributed by atoms with Crippen LogP contribution in [0.25, 0.3) is 5.69 Å². The molecule has 2 amide bonds. The first-order valence-corrected chi connectivity index (χ1v) is 13.4. The average Bonchev–Trinajstić information content (AvgIpc) is 3.56. The normalized spacial score (nSPS) is 12.3. The molecule has 2 heterocycles. The van der Waals surface area contributed by atoms with Gasteiger partial charge in [-0.25, -0.2) is 0 Å². The predicted octanol–water partition coefficient (Wildman–Crippen LogP) is 4.40. The van der Waals surface area contributed by atoms with E-state index in [-0.39, 0.29) is 23.9 Å². The van der Waals surface area contributed by atoms with E-state index in [1.165, 1.54) is 41.6 Å². The standard InChI is InChI=1S/C28H26N6O4S/c1-18-6-5-9-23(19(18)2)33-25(16-29-27(36)21-10-12-22(13-11-21)34(37)38)30-31-28(33)39-17-26(35)32-15-14-20-7-3-4-8-24(20)32/h3-13H,14-17H2,1-2H3,(H,29,36). The van der Waals surface area contributed by atoms with Gasteiger partial charge in [0, 0.05) is 29.9 Å². The van der Waals surface area contributed by atoms with Crippen LogP contribution in [0.5, 0.6) is 0 Å². The second-order valence-corrected chi connectivity index (χ2v) is 10.1. The molecule has 4 aromatic rings. The summed E-state index contributed by atoms with van der Waals surface area (Å²) in [6.07, 6.45) is 0.837. The zero-order valence-electron chi connectivity index (χ0n) is 21.5. The number of nitro groups is 1. The lowest BCUT2D eigenvalue weighted by molar-refractivity contribution is -0.384. The molecule has 1 N–H and O–H groups in total. The molecule has 0 spiro atoms. The topological polar surface area (TPSA) is 123 Å². The third kappa shape index (κ3) is 5.39. The number of hydrogen-bond acceptors (Lipinski definition) is 7. The first-order chi connectivity index (χ1) is 18.8. The van der Waals surface area contributed by atoms with Gasteiger partial charge in [0.25, 0.3) is 11.6 Å². The van der Waals surface area contributed by atoms with Gasteiger partial charge in [0.1, 0.15) is 0 Å². The first kappa shape index (κ1) is 26.1. The molecule has 3 aromatic carbocycles. The number of carbonyl (C=O) groups excluding carboxylic acids is 2. The van der Waals surface area contributed by atoms with Crippen molar-refractivity contribution in [1.82, 2.24) is 20.1 Å². The number of aromatic nitrogens is 3. The van der Waals surface area contributed by atoms with Crippen molar-refractivity contribution in [2.75, 3.05) is 17.2 Å². The molecular formula is C28H26N6O4S. The molecule has 0 unspecified atom stereocenters. The lowest BCUT2D eigenvalue weighted by atomic mass is 10.1. The molecule has 1 aliphatic rings. The summed E-state index contributed by atoms with van der Waals surface area (Å²) < 4.78 is 1.87. The fraction of sp³-hybridized carbons (Fsp3) is 0.214. The molecule has 11 heteroatoms. The number of nitro benzene ring substituents is 1. The van der Waals surface area contributed by atoms with Crippen LogP contribution in [-0.2, 0) is 17.8 Å². The van der Waals surface area contributed by atoms with Crippen LogP contribution >= 0.6 is 11.8 Å². The Morgan fingerprint density at radius 1 is 1.00 bits per heavy atom. The summed E-state index contributed by atoms with van der Waals surface area (Å²) in [5.74, 6) is 0.290. The molecule has 39 heavy (non-hydrogen) atoms. The minimum atomic E-state index is -0.513. The van der Waals surface area contributed by atoms with Crippen LogP contribution in [-0.4, -0.2) is 43.8 Å². The van der Waals surface area contributed by atoms with Crippen molar-refractivity contribution < 1.29 is 14.5 Å². The van der Waals surface area contributed by atoms with Crippen molar-refractivity contribution in [2.45, 2.75) is 32.0 Å². The van der Waals surface area contributed by atoms with Crippen LogP contribution in [0.15, 0.2) is 71.9 Å². The average molecular weight is 543 g/mol. The largest absolute Gasteiger partial charge is 0.345 e. The van der Waals surface area contributed by atoms with Crippen LogP contribution in [0.1, 0.15) is 32.9 Å². The Labute approximate surface area is 229 Å². The highest BCUT2D eigenvalue weighted by Gasteiger charge is 2.25. The third-order valence-corrected chi connectivity index (χ3v) is 7.69. The van der Waals surface area contributed by atoms with E-state index in [1.807, 2.05) is 65.8 Å². The van der Waals surface area contributed by atoms with E-state index in [4.69, 9.17) is 0 Å². The molecule has 1 aliphatic heterocycles. The zero-order chi connectivity index (χ0) is 27.5. The lowest BCUT2D eigenvalue weighted by Crippen LogP contribution is -2.30. The summed E-state index contributed by atoms with van der Waals surface area (Å²) in [4.78, 5) is 38.1. The van der Waals surface area contributed by atoms with E-state index in [2.05, 4.69) is 15.5 Å². The molecule has 0 aliphatic carbocycles. The first-order valence-electron chi connectivity index (χ1n) is 12.4. The summed E-state index contributed by atoms with van der Waals surface area (Å²) >= 11 is 1.30. The number of amides is 2. The van der Waals surface area contributed by atoms with Crippen LogP contribution < -0.4 is 10.2 Å². The molecule has 5 rings (SSSR count). The number of nitrogens with one attached hydrogen (secondary N) is 1. The van der Waals surface area contributed by atoms with Crippen LogP contribution in [0.4, 0.5) is 11.4 Å². The highest BCUT2D eigenvalue weighted by molar-refractivity contribution is 7.99. The Morgan fingerprint density at radius 2 is 1.74 bits per heavy atom. The number of anilines is 1. The molecule has 0 atom stereocenters. The second-order valence-electron chi connectivity index (χ2n) is 9.15. The van der Waals surface area contributed by atoms with Gasteiger partial charge in [-0.15, -0.1) is 10.2 Å². The van der Waals surface area contributed by atoms with Gasteiger partial charge >= 0.3 is 0 Å². The fourth-order valence-corrected chi connectivity index (χ4v) is 5.37. The van der Waals surface area contributed by atoms with Crippen molar-refractivity contribution in [2.24, 2.45) is 0 Å².